The molecule has 0 aliphatic carbocycles. The van der Waals surface area contributed by atoms with Gasteiger partial charge in [0.1, 0.15) is 0 Å². The van der Waals surface area contributed by atoms with Crippen LogP contribution in [-0.2, 0) is 0 Å². The molecule has 1 aromatic heterocycles. The van der Waals surface area contributed by atoms with Crippen molar-refractivity contribution in [2.75, 3.05) is 26.2 Å². The molecule has 3 heteroatoms. The third kappa shape index (κ3) is 2.60. The topological polar surface area (TPSA) is 31.1 Å². The van der Waals surface area contributed by atoms with E-state index < -0.39 is 0 Å². The molecule has 0 bridgehead atoms. The number of fused-ring (bicyclic) bond motifs is 1. The van der Waals surface area contributed by atoms with E-state index in [-0.39, 0.29) is 5.41 Å². The van der Waals surface area contributed by atoms with Gasteiger partial charge in [-0.3, -0.25) is 4.90 Å². The van der Waals surface area contributed by atoms with Crippen LogP contribution in [0.5, 0.6) is 0 Å². The number of benzene rings is 1. The van der Waals surface area contributed by atoms with Crippen LogP contribution in [0.4, 0.5) is 0 Å². The van der Waals surface area contributed by atoms with E-state index in [2.05, 4.69) is 60.2 Å². The Bertz CT molecular complexity index is 573. The van der Waals surface area contributed by atoms with Crippen molar-refractivity contribution in [3.05, 3.63) is 36.0 Å². The lowest BCUT2D eigenvalue weighted by atomic mass is 9.80. The van der Waals surface area contributed by atoms with Gasteiger partial charge in [0.2, 0.25) is 0 Å². The molecule has 0 saturated carbocycles. The SMILES string of the molecule is CC(C)(C)[C@H](c1ccc2[nH]ccc2c1)N1CCNCC1. The molecule has 108 valence electrons. The fourth-order valence-corrected chi connectivity index (χ4v) is 3.44. The van der Waals surface area contributed by atoms with Crippen molar-refractivity contribution < 1.29 is 0 Å². The minimum atomic E-state index is 0.237. The van der Waals surface area contributed by atoms with Gasteiger partial charge in [-0.1, -0.05) is 26.8 Å². The first-order valence-electron chi connectivity index (χ1n) is 7.57. The Labute approximate surface area is 121 Å². The molecule has 1 saturated heterocycles. The first kappa shape index (κ1) is 13.7. The number of hydrogen-bond donors (Lipinski definition) is 2. The van der Waals surface area contributed by atoms with Crippen molar-refractivity contribution >= 4 is 10.9 Å². The highest BCUT2D eigenvalue weighted by molar-refractivity contribution is 5.80. The van der Waals surface area contributed by atoms with Crippen LogP contribution in [0, 0.1) is 5.41 Å². The van der Waals surface area contributed by atoms with Crippen molar-refractivity contribution in [2.45, 2.75) is 26.8 Å². The highest BCUT2D eigenvalue weighted by Crippen LogP contribution is 2.38. The number of piperazine rings is 1. The number of rotatable bonds is 2. The second-order valence-electron chi connectivity index (χ2n) is 6.88. The maximum atomic E-state index is 3.45. The molecule has 1 fully saturated rings. The summed E-state index contributed by atoms with van der Waals surface area (Å²) in [5, 5.41) is 4.76. The van der Waals surface area contributed by atoms with Gasteiger partial charge in [0.25, 0.3) is 0 Å². The van der Waals surface area contributed by atoms with E-state index in [0.29, 0.717) is 6.04 Å². The van der Waals surface area contributed by atoms with E-state index in [9.17, 15) is 0 Å². The fourth-order valence-electron chi connectivity index (χ4n) is 3.44. The quantitative estimate of drug-likeness (QED) is 0.879. The average molecular weight is 271 g/mol. The lowest BCUT2D eigenvalue weighted by molar-refractivity contribution is 0.0863. The highest BCUT2D eigenvalue weighted by Gasteiger charge is 2.32. The molecule has 0 unspecified atom stereocenters. The normalized spacial score (nSPS) is 19.4. The van der Waals surface area contributed by atoms with E-state index in [4.69, 9.17) is 0 Å². The molecule has 2 aromatic rings. The van der Waals surface area contributed by atoms with Crippen LogP contribution in [0.2, 0.25) is 0 Å². The minimum absolute atomic E-state index is 0.237. The van der Waals surface area contributed by atoms with Crippen molar-refractivity contribution in [2.24, 2.45) is 5.41 Å². The number of aromatic nitrogens is 1. The maximum Gasteiger partial charge on any atom is 0.0454 e. The Balaban J connectivity index is 1.99. The summed E-state index contributed by atoms with van der Waals surface area (Å²) in [6.07, 6.45) is 2.02. The fraction of sp³-hybridized carbons (Fsp3) is 0.529. The third-order valence-electron chi connectivity index (χ3n) is 4.23. The molecule has 1 atom stereocenters. The van der Waals surface area contributed by atoms with Gasteiger partial charge >= 0.3 is 0 Å². The maximum absolute atomic E-state index is 3.45. The second-order valence-corrected chi connectivity index (χ2v) is 6.88. The van der Waals surface area contributed by atoms with E-state index >= 15 is 0 Å². The van der Waals surface area contributed by atoms with Gasteiger partial charge in [-0.15, -0.1) is 0 Å². The van der Waals surface area contributed by atoms with Gasteiger partial charge in [0, 0.05) is 43.9 Å². The summed E-state index contributed by atoms with van der Waals surface area (Å²) >= 11 is 0. The van der Waals surface area contributed by atoms with Crippen LogP contribution >= 0.6 is 0 Å². The molecular formula is C17H25N3. The Morgan fingerprint density at radius 3 is 2.55 bits per heavy atom. The van der Waals surface area contributed by atoms with Gasteiger partial charge < -0.3 is 10.3 Å². The predicted molar refractivity (Wildman–Crippen MR) is 84.9 cm³/mol. The summed E-state index contributed by atoms with van der Waals surface area (Å²) in [6.45, 7) is 11.5. The van der Waals surface area contributed by atoms with Crippen molar-refractivity contribution in [3.8, 4) is 0 Å². The monoisotopic (exact) mass is 271 g/mol. The smallest absolute Gasteiger partial charge is 0.0454 e. The van der Waals surface area contributed by atoms with E-state index in [0.717, 1.165) is 26.2 Å². The van der Waals surface area contributed by atoms with Crippen LogP contribution in [-0.4, -0.2) is 36.1 Å². The Morgan fingerprint density at radius 2 is 1.85 bits per heavy atom. The van der Waals surface area contributed by atoms with Gasteiger partial charge in [-0.2, -0.15) is 0 Å². The first-order valence-corrected chi connectivity index (χ1v) is 7.57. The van der Waals surface area contributed by atoms with E-state index in [1.54, 1.807) is 0 Å². The summed E-state index contributed by atoms with van der Waals surface area (Å²) in [7, 11) is 0. The van der Waals surface area contributed by atoms with Crippen molar-refractivity contribution in [1.82, 2.24) is 15.2 Å². The number of aromatic amines is 1. The summed E-state index contributed by atoms with van der Waals surface area (Å²) in [4.78, 5) is 5.91. The molecule has 3 nitrogen and oxygen atoms in total. The van der Waals surface area contributed by atoms with Crippen LogP contribution < -0.4 is 5.32 Å². The summed E-state index contributed by atoms with van der Waals surface area (Å²) in [5.41, 5.74) is 2.90. The number of nitrogens with zero attached hydrogens (tertiary/aromatic N) is 1. The summed E-state index contributed by atoms with van der Waals surface area (Å²) in [5.74, 6) is 0. The molecule has 1 aliphatic rings. The Hall–Kier alpha value is -1.32. The number of nitrogens with one attached hydrogen (secondary N) is 2. The zero-order valence-corrected chi connectivity index (χ0v) is 12.7. The number of hydrogen-bond acceptors (Lipinski definition) is 2. The molecule has 1 aromatic carbocycles. The Kier molecular flexibility index (Phi) is 3.57. The first-order chi connectivity index (χ1) is 9.55. The van der Waals surface area contributed by atoms with E-state index in [1.165, 1.54) is 16.5 Å². The van der Waals surface area contributed by atoms with Crippen LogP contribution in [0.3, 0.4) is 0 Å². The lowest BCUT2D eigenvalue weighted by Crippen LogP contribution is -2.48. The van der Waals surface area contributed by atoms with Gasteiger partial charge in [0.05, 0.1) is 0 Å². The van der Waals surface area contributed by atoms with Crippen molar-refractivity contribution in [3.63, 3.8) is 0 Å². The van der Waals surface area contributed by atoms with Crippen LogP contribution in [0.25, 0.3) is 10.9 Å². The lowest BCUT2D eigenvalue weighted by Gasteiger charge is -2.42. The molecule has 1 aliphatic heterocycles. The van der Waals surface area contributed by atoms with Crippen molar-refractivity contribution in [1.29, 1.82) is 0 Å². The Morgan fingerprint density at radius 1 is 1.10 bits per heavy atom. The second kappa shape index (κ2) is 5.23. The third-order valence-corrected chi connectivity index (χ3v) is 4.23. The predicted octanol–water partition coefficient (Wildman–Crippen LogP) is 3.16. The largest absolute Gasteiger partial charge is 0.361 e. The highest BCUT2D eigenvalue weighted by atomic mass is 15.2. The molecule has 20 heavy (non-hydrogen) atoms. The van der Waals surface area contributed by atoms with Gasteiger partial charge in [-0.25, -0.2) is 0 Å². The average Bonchev–Trinajstić information content (AvgIpc) is 2.86. The molecule has 0 amide bonds. The molecular weight excluding hydrogens is 246 g/mol. The van der Waals surface area contributed by atoms with Gasteiger partial charge in [-0.05, 0) is 34.6 Å². The van der Waals surface area contributed by atoms with Crippen LogP contribution in [0.1, 0.15) is 32.4 Å². The van der Waals surface area contributed by atoms with Gasteiger partial charge in [0.15, 0.2) is 0 Å². The van der Waals surface area contributed by atoms with E-state index in [1.807, 2.05) is 6.20 Å². The minimum Gasteiger partial charge on any atom is -0.361 e. The molecule has 0 radical (unpaired) electrons. The molecule has 2 heterocycles. The zero-order chi connectivity index (χ0) is 14.2. The number of H-pyrrole nitrogens is 1. The van der Waals surface area contributed by atoms with Crippen LogP contribution in [0.15, 0.2) is 30.5 Å². The summed E-state index contributed by atoms with van der Waals surface area (Å²) < 4.78 is 0. The standard InChI is InChI=1S/C17H25N3/c1-17(2,3)16(20-10-8-18-9-11-20)14-4-5-15-13(12-14)6-7-19-15/h4-7,12,16,18-19H,8-11H2,1-3H3/t16-/m0/s1. The summed E-state index contributed by atoms with van der Waals surface area (Å²) in [6, 6.07) is 9.49. The molecule has 2 N–H and O–H groups in total. The zero-order valence-electron chi connectivity index (χ0n) is 12.7. The molecule has 3 rings (SSSR count). The molecule has 0 spiro atoms.